The van der Waals surface area contributed by atoms with Crippen molar-refractivity contribution in [3.8, 4) is 17.5 Å². The minimum atomic E-state index is -0.226. The zero-order valence-electron chi connectivity index (χ0n) is 18.9. The number of tetrazole rings is 1. The van der Waals surface area contributed by atoms with Crippen molar-refractivity contribution in [3.05, 3.63) is 57.6 Å². The summed E-state index contributed by atoms with van der Waals surface area (Å²) in [5.74, 6) is 6.02. The average molecular weight is 502 g/mol. The molecule has 0 aliphatic carbocycles. The molecule has 0 aliphatic rings. The van der Waals surface area contributed by atoms with Crippen LogP contribution in [0.2, 0.25) is 10.0 Å². The lowest BCUT2D eigenvalue weighted by molar-refractivity contribution is -0.113. The summed E-state index contributed by atoms with van der Waals surface area (Å²) in [4.78, 5) is 12.5. The summed E-state index contributed by atoms with van der Waals surface area (Å²) in [5, 5.41) is 16.1. The first kappa shape index (κ1) is 25.1. The fourth-order valence-electron chi connectivity index (χ4n) is 2.87. The van der Waals surface area contributed by atoms with Crippen LogP contribution in [-0.2, 0) is 10.2 Å². The summed E-state index contributed by atoms with van der Waals surface area (Å²) in [6.45, 7) is 8.44. The fraction of sp³-hybridized carbons (Fsp3) is 0.333. The number of rotatable bonds is 6. The molecule has 0 bridgehead atoms. The molecular weight excluding hydrogens is 477 g/mol. The van der Waals surface area contributed by atoms with Gasteiger partial charge in [0, 0.05) is 12.0 Å². The van der Waals surface area contributed by atoms with Crippen molar-refractivity contribution in [2.45, 2.75) is 51.1 Å². The van der Waals surface area contributed by atoms with E-state index in [1.807, 2.05) is 24.3 Å². The van der Waals surface area contributed by atoms with Crippen molar-refractivity contribution >= 4 is 46.6 Å². The number of carbonyl (C=O) groups is 1. The van der Waals surface area contributed by atoms with Crippen molar-refractivity contribution < 1.29 is 4.79 Å². The molecule has 0 radical (unpaired) electrons. The van der Waals surface area contributed by atoms with Crippen molar-refractivity contribution in [2.75, 3.05) is 11.1 Å². The number of amides is 1. The van der Waals surface area contributed by atoms with Gasteiger partial charge in [-0.25, -0.2) is 0 Å². The highest BCUT2D eigenvalue weighted by atomic mass is 35.5. The second-order valence-electron chi connectivity index (χ2n) is 8.37. The van der Waals surface area contributed by atoms with E-state index in [0.29, 0.717) is 26.6 Å². The second kappa shape index (κ2) is 11.1. The number of nitrogens with one attached hydrogen (secondary N) is 1. The highest BCUT2D eigenvalue weighted by molar-refractivity contribution is 7.99. The van der Waals surface area contributed by atoms with Crippen LogP contribution in [0.25, 0.3) is 5.69 Å². The van der Waals surface area contributed by atoms with Crippen molar-refractivity contribution in [2.24, 2.45) is 0 Å². The van der Waals surface area contributed by atoms with E-state index in [9.17, 15) is 4.79 Å². The number of benzene rings is 2. The summed E-state index contributed by atoms with van der Waals surface area (Å²) in [6.07, 6.45) is 1.84. The maximum absolute atomic E-state index is 12.5. The summed E-state index contributed by atoms with van der Waals surface area (Å²) >= 11 is 14.0. The Labute approximate surface area is 208 Å². The lowest BCUT2D eigenvalue weighted by Crippen LogP contribution is -2.15. The molecule has 0 atom stereocenters. The lowest BCUT2D eigenvalue weighted by atomic mass is 9.87. The fourth-order valence-corrected chi connectivity index (χ4v) is 4.04. The maximum atomic E-state index is 12.5. The van der Waals surface area contributed by atoms with Crippen LogP contribution in [0.4, 0.5) is 5.69 Å². The lowest BCUT2D eigenvalue weighted by Gasteiger charge is -2.20. The Balaban J connectivity index is 1.66. The van der Waals surface area contributed by atoms with Crippen LogP contribution in [0.15, 0.2) is 41.6 Å². The molecule has 1 amide bonds. The van der Waals surface area contributed by atoms with E-state index in [1.54, 1.807) is 12.1 Å². The van der Waals surface area contributed by atoms with Crippen molar-refractivity contribution in [1.82, 2.24) is 20.2 Å². The molecule has 2 aromatic carbocycles. The van der Waals surface area contributed by atoms with Gasteiger partial charge in [0.25, 0.3) is 0 Å². The van der Waals surface area contributed by atoms with Gasteiger partial charge in [-0.1, -0.05) is 80.6 Å². The number of unbranched alkanes of at least 4 members (excludes halogenated alkanes) is 1. The standard InChI is InChI=1S/C24H25Cl2N5OS/c1-5-6-7-8-16-9-11-20(18(25)13-16)27-22(32)15-33-23-28-29-30-31(23)21-12-10-17(14-19(21)26)24(2,3)4/h9-14H,5-6,15H2,1-4H3,(H,27,32). The number of halogens is 2. The first-order valence-electron chi connectivity index (χ1n) is 10.5. The number of carbonyl (C=O) groups excluding carboxylic acids is 1. The van der Waals surface area contributed by atoms with E-state index in [4.69, 9.17) is 23.2 Å². The maximum Gasteiger partial charge on any atom is 0.234 e. The van der Waals surface area contributed by atoms with E-state index in [1.165, 1.54) is 16.4 Å². The van der Waals surface area contributed by atoms with Gasteiger partial charge in [-0.05, 0) is 58.2 Å². The Morgan fingerprint density at radius 3 is 2.61 bits per heavy atom. The molecule has 0 saturated carbocycles. The van der Waals surface area contributed by atoms with Crippen molar-refractivity contribution in [3.63, 3.8) is 0 Å². The molecule has 9 heteroatoms. The van der Waals surface area contributed by atoms with Gasteiger partial charge in [-0.15, -0.1) is 5.10 Å². The van der Waals surface area contributed by atoms with Gasteiger partial charge >= 0.3 is 0 Å². The topological polar surface area (TPSA) is 72.7 Å². The number of anilines is 1. The molecule has 172 valence electrons. The molecule has 1 aromatic heterocycles. The van der Waals surface area contributed by atoms with Crippen LogP contribution in [0.3, 0.4) is 0 Å². The van der Waals surface area contributed by atoms with Crippen LogP contribution in [0.5, 0.6) is 0 Å². The van der Waals surface area contributed by atoms with Gasteiger partial charge in [0.1, 0.15) is 0 Å². The van der Waals surface area contributed by atoms with Gasteiger partial charge in [0.05, 0.1) is 27.2 Å². The summed E-state index contributed by atoms with van der Waals surface area (Å²) in [5.41, 5.74) is 3.08. The molecular formula is C24H25Cl2N5OS. The van der Waals surface area contributed by atoms with Gasteiger partial charge < -0.3 is 5.32 Å². The predicted octanol–water partition coefficient (Wildman–Crippen LogP) is 6.15. The molecule has 3 aromatic rings. The van der Waals surface area contributed by atoms with Gasteiger partial charge in [0.2, 0.25) is 11.1 Å². The van der Waals surface area contributed by atoms with Crippen LogP contribution >= 0.6 is 35.0 Å². The molecule has 0 spiro atoms. The van der Waals surface area contributed by atoms with Gasteiger partial charge in [0.15, 0.2) is 0 Å². The van der Waals surface area contributed by atoms with E-state index in [-0.39, 0.29) is 17.1 Å². The molecule has 1 heterocycles. The van der Waals surface area contributed by atoms with Crippen molar-refractivity contribution in [1.29, 1.82) is 0 Å². The minimum Gasteiger partial charge on any atom is -0.324 e. The first-order chi connectivity index (χ1) is 15.7. The van der Waals surface area contributed by atoms with E-state index in [2.05, 4.69) is 60.4 Å². The number of thioether (sulfide) groups is 1. The Bertz CT molecular complexity index is 1210. The molecule has 6 nitrogen and oxygen atoms in total. The number of hydrogen-bond acceptors (Lipinski definition) is 5. The van der Waals surface area contributed by atoms with E-state index in [0.717, 1.165) is 24.0 Å². The number of aromatic nitrogens is 4. The number of hydrogen-bond donors (Lipinski definition) is 1. The quantitative estimate of drug-likeness (QED) is 0.323. The third-order valence-corrected chi connectivity index (χ3v) is 6.20. The second-order valence-corrected chi connectivity index (χ2v) is 10.1. The Morgan fingerprint density at radius 1 is 1.15 bits per heavy atom. The molecule has 0 fully saturated rings. The third-order valence-electron chi connectivity index (χ3n) is 4.67. The molecule has 33 heavy (non-hydrogen) atoms. The summed E-state index contributed by atoms with van der Waals surface area (Å²) < 4.78 is 1.53. The third kappa shape index (κ3) is 6.73. The molecule has 1 N–H and O–H groups in total. The van der Waals surface area contributed by atoms with Crippen LogP contribution in [0.1, 0.15) is 51.7 Å². The smallest absolute Gasteiger partial charge is 0.234 e. The normalized spacial score (nSPS) is 11.1. The molecule has 0 saturated heterocycles. The highest BCUT2D eigenvalue weighted by Gasteiger charge is 2.18. The van der Waals surface area contributed by atoms with Crippen LogP contribution in [-0.4, -0.2) is 31.9 Å². The Morgan fingerprint density at radius 2 is 1.94 bits per heavy atom. The van der Waals surface area contributed by atoms with Crippen LogP contribution in [0, 0.1) is 11.8 Å². The SMILES string of the molecule is CCCC#Cc1ccc(NC(=O)CSc2nnnn2-c2ccc(C(C)(C)C)cc2Cl)c(Cl)c1. The zero-order chi connectivity index (χ0) is 24.0. The molecule has 0 unspecified atom stereocenters. The Hall–Kier alpha value is -2.53. The molecule has 3 rings (SSSR count). The average Bonchev–Trinajstić information content (AvgIpc) is 3.22. The monoisotopic (exact) mass is 501 g/mol. The zero-order valence-corrected chi connectivity index (χ0v) is 21.3. The predicted molar refractivity (Wildman–Crippen MR) is 135 cm³/mol. The van der Waals surface area contributed by atoms with E-state index < -0.39 is 0 Å². The van der Waals surface area contributed by atoms with Gasteiger partial charge in [-0.2, -0.15) is 4.68 Å². The highest BCUT2D eigenvalue weighted by Crippen LogP contribution is 2.30. The Kier molecular flexibility index (Phi) is 8.41. The summed E-state index contributed by atoms with van der Waals surface area (Å²) in [7, 11) is 0. The minimum absolute atomic E-state index is 0.0278. The van der Waals surface area contributed by atoms with Crippen LogP contribution < -0.4 is 5.32 Å². The number of nitrogens with zero attached hydrogens (tertiary/aromatic N) is 4. The largest absolute Gasteiger partial charge is 0.324 e. The molecule has 0 aliphatic heterocycles. The van der Waals surface area contributed by atoms with Gasteiger partial charge in [-0.3, -0.25) is 4.79 Å². The van der Waals surface area contributed by atoms with E-state index >= 15 is 0 Å². The summed E-state index contributed by atoms with van der Waals surface area (Å²) in [6, 6.07) is 11.1. The first-order valence-corrected chi connectivity index (χ1v) is 12.2.